The Labute approximate surface area is 90.7 Å². The van der Waals surface area contributed by atoms with Crippen molar-refractivity contribution >= 4 is 5.91 Å². The zero-order chi connectivity index (χ0) is 10.7. The van der Waals surface area contributed by atoms with Crippen LogP contribution >= 0.6 is 0 Å². The smallest absolute Gasteiger partial charge is 0.223 e. The second-order valence-electron chi connectivity index (χ2n) is 4.26. The minimum atomic E-state index is 0.180. The molecule has 0 saturated carbocycles. The van der Waals surface area contributed by atoms with Gasteiger partial charge in [-0.25, -0.2) is 0 Å². The Bertz CT molecular complexity index is 359. The number of hydrogen-bond acceptors (Lipinski definition) is 1. The van der Waals surface area contributed by atoms with Gasteiger partial charge in [0.2, 0.25) is 5.91 Å². The summed E-state index contributed by atoms with van der Waals surface area (Å²) in [5.74, 6) is 0.407. The molecular formula is C13H17NO. The number of benzene rings is 1. The van der Waals surface area contributed by atoms with Gasteiger partial charge in [-0.2, -0.15) is 0 Å². The zero-order valence-electron chi connectivity index (χ0n) is 9.12. The van der Waals surface area contributed by atoms with Crippen LogP contribution in [0.3, 0.4) is 0 Å². The molecule has 2 rings (SSSR count). The minimum absolute atomic E-state index is 0.180. The van der Waals surface area contributed by atoms with Gasteiger partial charge in [-0.1, -0.05) is 24.3 Å². The summed E-state index contributed by atoms with van der Waals surface area (Å²) in [6.07, 6.45) is 3.03. The van der Waals surface area contributed by atoms with Crippen molar-refractivity contribution in [3.63, 3.8) is 0 Å². The van der Waals surface area contributed by atoms with Gasteiger partial charge in [0.05, 0.1) is 0 Å². The van der Waals surface area contributed by atoms with E-state index in [0.29, 0.717) is 0 Å². The molecule has 2 nitrogen and oxygen atoms in total. The highest BCUT2D eigenvalue weighted by Crippen LogP contribution is 2.19. The molecule has 1 N–H and O–H groups in total. The number of carbonyl (C=O) groups excluding carboxylic acids is 1. The largest absolute Gasteiger partial charge is 0.356 e. The van der Waals surface area contributed by atoms with Gasteiger partial charge >= 0.3 is 0 Å². The molecule has 2 heteroatoms. The molecule has 1 aliphatic heterocycles. The number of rotatable bonds is 2. The lowest BCUT2D eigenvalue weighted by Gasteiger charge is -2.22. The Morgan fingerprint density at radius 3 is 2.93 bits per heavy atom. The zero-order valence-corrected chi connectivity index (χ0v) is 9.12. The molecule has 1 heterocycles. The second-order valence-corrected chi connectivity index (χ2v) is 4.26. The summed E-state index contributed by atoms with van der Waals surface area (Å²) in [6.45, 7) is 2.96. The van der Waals surface area contributed by atoms with E-state index in [1.165, 1.54) is 11.1 Å². The van der Waals surface area contributed by atoms with E-state index in [9.17, 15) is 4.79 Å². The van der Waals surface area contributed by atoms with Crippen molar-refractivity contribution in [3.8, 4) is 0 Å². The molecule has 1 unspecified atom stereocenters. The number of carbonyl (C=O) groups is 1. The molecule has 0 spiro atoms. The van der Waals surface area contributed by atoms with Gasteiger partial charge < -0.3 is 5.32 Å². The Morgan fingerprint density at radius 1 is 1.40 bits per heavy atom. The third kappa shape index (κ3) is 2.38. The number of aryl methyl sites for hydroxylation is 1. The van der Waals surface area contributed by atoms with Crippen LogP contribution in [0.4, 0.5) is 0 Å². The maximum Gasteiger partial charge on any atom is 0.223 e. The third-order valence-corrected chi connectivity index (χ3v) is 3.13. The predicted octanol–water partition coefficient (Wildman–Crippen LogP) is 2.06. The van der Waals surface area contributed by atoms with Crippen molar-refractivity contribution in [1.82, 2.24) is 5.32 Å². The van der Waals surface area contributed by atoms with Crippen LogP contribution < -0.4 is 5.32 Å². The first-order valence-electron chi connectivity index (χ1n) is 5.59. The van der Waals surface area contributed by atoms with Crippen molar-refractivity contribution in [2.75, 3.05) is 6.54 Å². The summed E-state index contributed by atoms with van der Waals surface area (Å²) < 4.78 is 0. The van der Waals surface area contributed by atoms with Crippen molar-refractivity contribution < 1.29 is 4.79 Å². The molecule has 1 aromatic carbocycles. The Hall–Kier alpha value is -1.31. The van der Waals surface area contributed by atoms with E-state index < -0.39 is 0 Å². The summed E-state index contributed by atoms with van der Waals surface area (Å²) in [5, 5.41) is 2.93. The molecule has 1 saturated heterocycles. The van der Waals surface area contributed by atoms with E-state index in [2.05, 4.69) is 24.4 Å². The number of hydrogen-bond donors (Lipinski definition) is 1. The van der Waals surface area contributed by atoms with Crippen LogP contribution in [0.15, 0.2) is 24.3 Å². The van der Waals surface area contributed by atoms with E-state index >= 15 is 0 Å². The van der Waals surface area contributed by atoms with Gasteiger partial charge in [0.25, 0.3) is 0 Å². The summed E-state index contributed by atoms with van der Waals surface area (Å²) >= 11 is 0. The first-order valence-corrected chi connectivity index (χ1v) is 5.59. The van der Waals surface area contributed by atoms with Gasteiger partial charge in [-0.05, 0) is 37.3 Å². The van der Waals surface area contributed by atoms with Crippen molar-refractivity contribution in [3.05, 3.63) is 35.4 Å². The lowest BCUT2D eigenvalue weighted by Crippen LogP contribution is -2.37. The normalized spacial score (nSPS) is 21.1. The number of amides is 1. The van der Waals surface area contributed by atoms with Crippen LogP contribution in [0.25, 0.3) is 0 Å². The molecule has 1 amide bonds. The van der Waals surface area contributed by atoms with Gasteiger partial charge in [0.15, 0.2) is 0 Å². The molecular weight excluding hydrogens is 186 g/mol. The van der Waals surface area contributed by atoms with E-state index in [-0.39, 0.29) is 11.8 Å². The van der Waals surface area contributed by atoms with Crippen molar-refractivity contribution in [1.29, 1.82) is 0 Å². The standard InChI is InChI=1S/C13H17NO/c1-10-5-2-3-6-11(10)9-12-7-4-8-14-13(12)15/h2-3,5-6,12H,4,7-9H2,1H3,(H,14,15). The van der Waals surface area contributed by atoms with E-state index in [0.717, 1.165) is 25.8 Å². The molecule has 80 valence electrons. The average molecular weight is 203 g/mol. The van der Waals surface area contributed by atoms with Crippen LogP contribution in [-0.2, 0) is 11.2 Å². The van der Waals surface area contributed by atoms with Gasteiger partial charge in [0, 0.05) is 12.5 Å². The first kappa shape index (κ1) is 10.2. The minimum Gasteiger partial charge on any atom is -0.356 e. The average Bonchev–Trinajstić information content (AvgIpc) is 2.24. The molecule has 1 fully saturated rings. The van der Waals surface area contributed by atoms with Crippen LogP contribution in [0.5, 0.6) is 0 Å². The SMILES string of the molecule is Cc1ccccc1CC1CCCNC1=O. The van der Waals surface area contributed by atoms with Crippen molar-refractivity contribution in [2.45, 2.75) is 26.2 Å². The maximum atomic E-state index is 11.6. The summed E-state index contributed by atoms with van der Waals surface area (Å²) in [6, 6.07) is 8.32. The molecule has 1 atom stereocenters. The maximum absolute atomic E-state index is 11.6. The van der Waals surface area contributed by atoms with Crippen LogP contribution in [0.1, 0.15) is 24.0 Å². The fourth-order valence-corrected chi connectivity index (χ4v) is 2.13. The van der Waals surface area contributed by atoms with Crippen LogP contribution in [-0.4, -0.2) is 12.5 Å². The summed E-state index contributed by atoms with van der Waals surface area (Å²) in [4.78, 5) is 11.6. The van der Waals surface area contributed by atoms with E-state index in [1.54, 1.807) is 0 Å². The van der Waals surface area contributed by atoms with Gasteiger partial charge in [-0.3, -0.25) is 4.79 Å². The molecule has 1 aliphatic rings. The molecule has 0 aliphatic carbocycles. The lowest BCUT2D eigenvalue weighted by atomic mass is 9.90. The second kappa shape index (κ2) is 4.47. The predicted molar refractivity (Wildman–Crippen MR) is 60.6 cm³/mol. The highest BCUT2D eigenvalue weighted by molar-refractivity contribution is 5.79. The highest BCUT2D eigenvalue weighted by atomic mass is 16.1. The Morgan fingerprint density at radius 2 is 2.20 bits per heavy atom. The quantitative estimate of drug-likeness (QED) is 0.783. The summed E-state index contributed by atoms with van der Waals surface area (Å²) in [5.41, 5.74) is 2.59. The highest BCUT2D eigenvalue weighted by Gasteiger charge is 2.22. The fourth-order valence-electron chi connectivity index (χ4n) is 2.13. The third-order valence-electron chi connectivity index (χ3n) is 3.13. The number of nitrogens with one attached hydrogen (secondary N) is 1. The van der Waals surface area contributed by atoms with E-state index in [1.807, 2.05) is 12.1 Å². The topological polar surface area (TPSA) is 29.1 Å². The van der Waals surface area contributed by atoms with Crippen molar-refractivity contribution in [2.24, 2.45) is 5.92 Å². The van der Waals surface area contributed by atoms with Gasteiger partial charge in [0.1, 0.15) is 0 Å². The van der Waals surface area contributed by atoms with Crippen LogP contribution in [0.2, 0.25) is 0 Å². The summed E-state index contributed by atoms with van der Waals surface area (Å²) in [7, 11) is 0. The molecule has 0 aromatic heterocycles. The molecule has 0 radical (unpaired) electrons. The Balaban J connectivity index is 2.08. The molecule has 15 heavy (non-hydrogen) atoms. The molecule has 1 aromatic rings. The Kier molecular flexibility index (Phi) is 3.05. The van der Waals surface area contributed by atoms with Crippen LogP contribution in [0, 0.1) is 12.8 Å². The van der Waals surface area contributed by atoms with Gasteiger partial charge in [-0.15, -0.1) is 0 Å². The monoisotopic (exact) mass is 203 g/mol. The van der Waals surface area contributed by atoms with E-state index in [4.69, 9.17) is 0 Å². The first-order chi connectivity index (χ1) is 7.27. The lowest BCUT2D eigenvalue weighted by molar-refractivity contribution is -0.126. The number of piperidine rings is 1. The molecule has 0 bridgehead atoms. The fraction of sp³-hybridized carbons (Fsp3) is 0.462.